The molecule has 19 heavy (non-hydrogen) atoms. The van der Waals surface area contributed by atoms with Crippen LogP contribution in [0.3, 0.4) is 0 Å². The molecule has 0 amide bonds. The number of aliphatic hydroxyl groups excluding tert-OH is 1. The van der Waals surface area contributed by atoms with Crippen molar-refractivity contribution in [1.29, 1.82) is 0 Å². The lowest BCUT2D eigenvalue weighted by Gasteiger charge is -2.06. The Balaban J connectivity index is 1.68. The van der Waals surface area contributed by atoms with Gasteiger partial charge in [-0.05, 0) is 49.4 Å². The number of aliphatic hydroxyl groups is 1. The van der Waals surface area contributed by atoms with Crippen LogP contribution in [0.25, 0.3) is 0 Å². The molecule has 0 saturated heterocycles. The van der Waals surface area contributed by atoms with E-state index in [1.54, 1.807) is 0 Å². The van der Waals surface area contributed by atoms with Gasteiger partial charge in [0.15, 0.2) is 0 Å². The van der Waals surface area contributed by atoms with Gasteiger partial charge in [-0.25, -0.2) is 4.98 Å². The predicted octanol–water partition coefficient (Wildman–Crippen LogP) is 3.01. The second-order valence-electron chi connectivity index (χ2n) is 4.85. The topological polar surface area (TPSA) is 42.4 Å². The van der Waals surface area contributed by atoms with Gasteiger partial charge in [-0.2, -0.15) is 0 Å². The number of ether oxygens (including phenoxy) is 1. The maximum absolute atomic E-state index is 9.15. The van der Waals surface area contributed by atoms with Crippen LogP contribution >= 0.6 is 11.3 Å². The molecular weight excluding hydrogens is 258 g/mol. The van der Waals surface area contributed by atoms with Crippen molar-refractivity contribution in [2.45, 2.75) is 39.4 Å². The van der Waals surface area contributed by atoms with E-state index in [9.17, 15) is 0 Å². The van der Waals surface area contributed by atoms with Gasteiger partial charge < -0.3 is 9.84 Å². The van der Waals surface area contributed by atoms with E-state index in [0.717, 1.165) is 27.7 Å². The number of aryl methyl sites for hydroxylation is 3. The van der Waals surface area contributed by atoms with Gasteiger partial charge in [0.2, 0.25) is 0 Å². The lowest BCUT2D eigenvalue weighted by Crippen LogP contribution is -1.95. The standard InChI is InChI=1S/C15H17NO2S/c1-10-14(8-17)19-15(16-10)9-18-13-6-5-11-3-2-4-12(11)7-13/h5-7,17H,2-4,8-9H2,1H3. The summed E-state index contributed by atoms with van der Waals surface area (Å²) in [6.07, 6.45) is 3.61. The van der Waals surface area contributed by atoms with E-state index in [4.69, 9.17) is 9.84 Å². The molecule has 1 aliphatic carbocycles. The molecular formula is C15H17NO2S. The first-order valence-corrected chi connectivity index (χ1v) is 7.38. The molecule has 0 unspecified atom stereocenters. The Kier molecular flexibility index (Phi) is 3.53. The van der Waals surface area contributed by atoms with Gasteiger partial charge in [0, 0.05) is 0 Å². The lowest BCUT2D eigenvalue weighted by atomic mass is 10.1. The highest BCUT2D eigenvalue weighted by Gasteiger charge is 2.12. The number of hydrogen-bond donors (Lipinski definition) is 1. The monoisotopic (exact) mass is 275 g/mol. The third-order valence-corrected chi connectivity index (χ3v) is 4.63. The molecule has 0 atom stereocenters. The molecule has 100 valence electrons. The molecule has 2 aromatic rings. The van der Waals surface area contributed by atoms with Gasteiger partial charge in [-0.15, -0.1) is 11.3 Å². The molecule has 0 spiro atoms. The number of aromatic nitrogens is 1. The van der Waals surface area contributed by atoms with Crippen molar-refractivity contribution in [3.63, 3.8) is 0 Å². The first kappa shape index (κ1) is 12.6. The number of thiazole rings is 1. The Hall–Kier alpha value is -1.39. The molecule has 1 heterocycles. The van der Waals surface area contributed by atoms with Crippen LogP contribution in [0.4, 0.5) is 0 Å². The van der Waals surface area contributed by atoms with Crippen LogP contribution in [0.5, 0.6) is 5.75 Å². The van der Waals surface area contributed by atoms with E-state index in [1.807, 2.05) is 13.0 Å². The van der Waals surface area contributed by atoms with Crippen molar-refractivity contribution in [2.75, 3.05) is 0 Å². The third kappa shape index (κ3) is 2.65. The highest BCUT2D eigenvalue weighted by molar-refractivity contribution is 7.11. The molecule has 0 saturated carbocycles. The number of nitrogens with zero attached hydrogens (tertiary/aromatic N) is 1. The fourth-order valence-electron chi connectivity index (χ4n) is 2.48. The molecule has 0 fully saturated rings. The smallest absolute Gasteiger partial charge is 0.140 e. The van der Waals surface area contributed by atoms with E-state index < -0.39 is 0 Å². The molecule has 1 aromatic carbocycles. The van der Waals surface area contributed by atoms with Crippen LogP contribution in [0.2, 0.25) is 0 Å². The van der Waals surface area contributed by atoms with Gasteiger partial charge in [0.25, 0.3) is 0 Å². The van der Waals surface area contributed by atoms with Crippen molar-refractivity contribution < 1.29 is 9.84 Å². The summed E-state index contributed by atoms with van der Waals surface area (Å²) in [5.74, 6) is 0.916. The highest BCUT2D eigenvalue weighted by Crippen LogP contribution is 2.27. The van der Waals surface area contributed by atoms with Crippen LogP contribution in [0.15, 0.2) is 18.2 Å². The minimum atomic E-state index is 0.0579. The molecule has 4 heteroatoms. The molecule has 1 aromatic heterocycles. The largest absolute Gasteiger partial charge is 0.486 e. The van der Waals surface area contributed by atoms with Gasteiger partial charge >= 0.3 is 0 Å². The molecule has 1 aliphatic rings. The van der Waals surface area contributed by atoms with E-state index in [0.29, 0.717) is 6.61 Å². The Morgan fingerprint density at radius 2 is 2.16 bits per heavy atom. The zero-order valence-electron chi connectivity index (χ0n) is 11.0. The average molecular weight is 275 g/mol. The first-order chi connectivity index (χ1) is 9.26. The summed E-state index contributed by atoms with van der Waals surface area (Å²) in [6, 6.07) is 6.36. The van der Waals surface area contributed by atoms with Gasteiger partial charge in [-0.1, -0.05) is 6.07 Å². The Bertz CT molecular complexity index is 592. The number of benzene rings is 1. The fraction of sp³-hybridized carbons (Fsp3) is 0.400. The van der Waals surface area contributed by atoms with Crippen molar-refractivity contribution in [3.8, 4) is 5.75 Å². The lowest BCUT2D eigenvalue weighted by molar-refractivity contribution is 0.284. The quantitative estimate of drug-likeness (QED) is 0.932. The van der Waals surface area contributed by atoms with Gasteiger partial charge in [-0.3, -0.25) is 0 Å². The summed E-state index contributed by atoms with van der Waals surface area (Å²) >= 11 is 1.52. The number of rotatable bonds is 4. The Labute approximate surface area is 116 Å². The van der Waals surface area contributed by atoms with E-state index >= 15 is 0 Å². The average Bonchev–Trinajstić information content (AvgIpc) is 3.01. The SMILES string of the molecule is Cc1nc(COc2ccc3c(c2)CCC3)sc1CO. The zero-order chi connectivity index (χ0) is 13.2. The highest BCUT2D eigenvalue weighted by atomic mass is 32.1. The minimum absolute atomic E-state index is 0.0579. The molecule has 0 aliphatic heterocycles. The summed E-state index contributed by atoms with van der Waals surface area (Å²) in [6.45, 7) is 2.45. The van der Waals surface area contributed by atoms with E-state index in [2.05, 4.69) is 17.1 Å². The van der Waals surface area contributed by atoms with Crippen LogP contribution in [-0.2, 0) is 26.1 Å². The third-order valence-electron chi connectivity index (χ3n) is 3.51. The summed E-state index contributed by atoms with van der Waals surface area (Å²) in [5.41, 5.74) is 3.78. The summed E-state index contributed by atoms with van der Waals surface area (Å²) in [7, 11) is 0. The summed E-state index contributed by atoms with van der Waals surface area (Å²) in [5, 5.41) is 10.1. The van der Waals surface area contributed by atoms with Crippen molar-refractivity contribution in [3.05, 3.63) is 44.9 Å². The fourth-order valence-corrected chi connectivity index (χ4v) is 3.32. The second-order valence-corrected chi connectivity index (χ2v) is 6.02. The molecule has 1 N–H and O–H groups in total. The van der Waals surface area contributed by atoms with Crippen LogP contribution in [0.1, 0.15) is 33.1 Å². The second kappa shape index (κ2) is 5.31. The predicted molar refractivity (Wildman–Crippen MR) is 75.6 cm³/mol. The van der Waals surface area contributed by atoms with Crippen molar-refractivity contribution >= 4 is 11.3 Å². The van der Waals surface area contributed by atoms with E-state index in [1.165, 1.54) is 35.3 Å². The molecule has 3 rings (SSSR count). The maximum Gasteiger partial charge on any atom is 0.140 e. The molecule has 0 bridgehead atoms. The van der Waals surface area contributed by atoms with Crippen molar-refractivity contribution in [2.24, 2.45) is 0 Å². The van der Waals surface area contributed by atoms with E-state index in [-0.39, 0.29) is 6.61 Å². The van der Waals surface area contributed by atoms with Crippen LogP contribution in [0, 0.1) is 6.92 Å². The number of fused-ring (bicyclic) bond motifs is 1. The zero-order valence-corrected chi connectivity index (χ0v) is 11.8. The maximum atomic E-state index is 9.15. The molecule has 0 radical (unpaired) electrons. The Morgan fingerprint density at radius 3 is 2.95 bits per heavy atom. The summed E-state index contributed by atoms with van der Waals surface area (Å²) in [4.78, 5) is 5.33. The molecule has 3 nitrogen and oxygen atoms in total. The van der Waals surface area contributed by atoms with Gasteiger partial charge in [0.05, 0.1) is 17.2 Å². The van der Waals surface area contributed by atoms with Crippen LogP contribution in [-0.4, -0.2) is 10.1 Å². The van der Waals surface area contributed by atoms with Gasteiger partial charge in [0.1, 0.15) is 17.4 Å². The normalized spacial score (nSPS) is 13.6. The first-order valence-electron chi connectivity index (χ1n) is 6.57. The summed E-state index contributed by atoms with van der Waals surface area (Å²) < 4.78 is 5.80. The Morgan fingerprint density at radius 1 is 1.32 bits per heavy atom. The minimum Gasteiger partial charge on any atom is -0.486 e. The van der Waals surface area contributed by atoms with Crippen molar-refractivity contribution in [1.82, 2.24) is 4.98 Å². The number of hydrogen-bond acceptors (Lipinski definition) is 4. The van der Waals surface area contributed by atoms with Crippen LogP contribution < -0.4 is 4.74 Å².